The average molecular weight is 330 g/mol. The van der Waals surface area contributed by atoms with Crippen molar-refractivity contribution in [1.29, 1.82) is 0 Å². The molecule has 0 spiro atoms. The number of hydrogen-bond donors (Lipinski definition) is 0. The highest BCUT2D eigenvalue weighted by atomic mass is 16.2. The van der Waals surface area contributed by atoms with Gasteiger partial charge in [-0.15, -0.1) is 0 Å². The van der Waals surface area contributed by atoms with Crippen LogP contribution in [-0.2, 0) is 18.4 Å². The van der Waals surface area contributed by atoms with Gasteiger partial charge < -0.3 is 9.80 Å². The maximum Gasteiger partial charge on any atom is 0.223 e. The van der Waals surface area contributed by atoms with Crippen LogP contribution in [0, 0.1) is 5.92 Å². The van der Waals surface area contributed by atoms with Crippen molar-refractivity contribution in [3.05, 3.63) is 29.6 Å². The summed E-state index contributed by atoms with van der Waals surface area (Å²) in [5.74, 6) is 1.29. The molecule has 24 heavy (non-hydrogen) atoms. The molecule has 1 aromatic heterocycles. The van der Waals surface area contributed by atoms with Gasteiger partial charge in [0.1, 0.15) is 0 Å². The highest BCUT2D eigenvalue weighted by Crippen LogP contribution is 2.29. The second kappa shape index (κ2) is 7.51. The van der Waals surface area contributed by atoms with E-state index in [0.29, 0.717) is 24.2 Å². The Kier molecular flexibility index (Phi) is 5.39. The van der Waals surface area contributed by atoms with Crippen LogP contribution < -0.4 is 0 Å². The lowest BCUT2D eigenvalue weighted by Crippen LogP contribution is -2.38. The summed E-state index contributed by atoms with van der Waals surface area (Å²) < 4.78 is 2.00. The molecule has 132 valence electrons. The molecule has 1 aromatic rings. The molecule has 1 unspecified atom stereocenters. The fraction of sp³-hybridized carbons (Fsp3) is 0.684. The minimum Gasteiger partial charge on any atom is -0.343 e. The molecule has 5 nitrogen and oxygen atoms in total. The number of amides is 1. The lowest BCUT2D eigenvalue weighted by molar-refractivity contribution is -0.132. The molecule has 0 aromatic carbocycles. The molecule has 5 heteroatoms. The largest absolute Gasteiger partial charge is 0.343 e. The predicted octanol–water partition coefficient (Wildman–Crippen LogP) is 2.54. The number of hydrogen-bond acceptors (Lipinski definition) is 3. The van der Waals surface area contributed by atoms with Gasteiger partial charge in [0.2, 0.25) is 5.91 Å². The summed E-state index contributed by atoms with van der Waals surface area (Å²) in [4.78, 5) is 16.7. The normalized spacial score (nSPS) is 21.8. The minimum atomic E-state index is 0.333. The third kappa shape index (κ3) is 4.07. The van der Waals surface area contributed by atoms with Crippen LogP contribution in [0.15, 0.2) is 18.2 Å². The summed E-state index contributed by atoms with van der Waals surface area (Å²) >= 11 is 0. The molecular weight excluding hydrogens is 300 g/mol. The molecule has 1 atom stereocenters. The number of likely N-dealkylation sites (tertiary alicyclic amines) is 1. The Morgan fingerprint density at radius 3 is 2.67 bits per heavy atom. The van der Waals surface area contributed by atoms with Gasteiger partial charge in [-0.1, -0.05) is 12.2 Å². The number of aromatic nitrogens is 2. The van der Waals surface area contributed by atoms with Crippen LogP contribution in [0.5, 0.6) is 0 Å². The number of nitrogens with zero attached hydrogens (tertiary/aromatic N) is 4. The Morgan fingerprint density at radius 2 is 2.04 bits per heavy atom. The van der Waals surface area contributed by atoms with Gasteiger partial charge in [-0.2, -0.15) is 5.10 Å². The molecule has 0 saturated carbocycles. The van der Waals surface area contributed by atoms with E-state index < -0.39 is 0 Å². The second-order valence-corrected chi connectivity index (χ2v) is 7.55. The number of aryl methyl sites for hydroxylation is 1. The predicted molar refractivity (Wildman–Crippen MR) is 95.6 cm³/mol. The van der Waals surface area contributed by atoms with Crippen molar-refractivity contribution >= 4 is 5.91 Å². The zero-order chi connectivity index (χ0) is 17.1. The van der Waals surface area contributed by atoms with Gasteiger partial charge in [0.15, 0.2) is 0 Å². The van der Waals surface area contributed by atoms with E-state index in [1.165, 1.54) is 11.4 Å². The van der Waals surface area contributed by atoms with Crippen LogP contribution in [-0.4, -0.2) is 52.7 Å². The molecule has 1 aliphatic heterocycles. The Labute approximate surface area is 145 Å². The molecule has 1 aliphatic carbocycles. The summed E-state index contributed by atoms with van der Waals surface area (Å²) in [6, 6.07) is 2.24. The van der Waals surface area contributed by atoms with Crippen molar-refractivity contribution in [3.63, 3.8) is 0 Å². The van der Waals surface area contributed by atoms with Crippen molar-refractivity contribution in [1.82, 2.24) is 19.6 Å². The highest BCUT2D eigenvalue weighted by Gasteiger charge is 2.27. The number of rotatable bonds is 5. The zero-order valence-corrected chi connectivity index (χ0v) is 15.2. The van der Waals surface area contributed by atoms with Crippen LogP contribution in [0.3, 0.4) is 0 Å². The average Bonchev–Trinajstić information content (AvgIpc) is 3.17. The SMILES string of the molecule is CN(C)Cc1cc(C2CCN(C(=O)CC3C=CCC3)CC2)nn1C. The third-order valence-corrected chi connectivity index (χ3v) is 5.29. The van der Waals surface area contributed by atoms with Gasteiger partial charge in [0.25, 0.3) is 0 Å². The van der Waals surface area contributed by atoms with E-state index in [0.717, 1.165) is 45.3 Å². The van der Waals surface area contributed by atoms with Crippen LogP contribution in [0.4, 0.5) is 0 Å². The van der Waals surface area contributed by atoms with Gasteiger partial charge in [0.05, 0.1) is 11.4 Å². The molecule has 0 bridgehead atoms. The summed E-state index contributed by atoms with van der Waals surface area (Å²) in [6.45, 7) is 2.66. The van der Waals surface area contributed by atoms with E-state index in [4.69, 9.17) is 5.10 Å². The molecule has 1 saturated heterocycles. The number of piperidine rings is 1. The first kappa shape index (κ1) is 17.2. The van der Waals surface area contributed by atoms with Crippen LogP contribution in [0.1, 0.15) is 49.4 Å². The standard InChI is InChI=1S/C19H30N4O/c1-21(2)14-17-13-18(20-22(17)3)16-8-10-23(11-9-16)19(24)12-15-6-4-5-7-15/h4,6,13,15-16H,5,7-12,14H2,1-3H3. The van der Waals surface area contributed by atoms with Crippen LogP contribution in [0.25, 0.3) is 0 Å². The second-order valence-electron chi connectivity index (χ2n) is 7.55. The molecule has 0 radical (unpaired) electrons. The molecule has 1 fully saturated rings. The zero-order valence-electron chi connectivity index (χ0n) is 15.2. The number of allylic oxidation sites excluding steroid dienone is 2. The summed E-state index contributed by atoms with van der Waals surface area (Å²) in [6.07, 6.45) is 9.45. The van der Waals surface area contributed by atoms with Crippen molar-refractivity contribution in [3.8, 4) is 0 Å². The fourth-order valence-corrected chi connectivity index (χ4v) is 3.85. The van der Waals surface area contributed by atoms with E-state index >= 15 is 0 Å². The monoisotopic (exact) mass is 330 g/mol. The Hall–Kier alpha value is -1.62. The van der Waals surface area contributed by atoms with Gasteiger partial charge in [0, 0.05) is 39.0 Å². The van der Waals surface area contributed by atoms with Crippen LogP contribution in [0.2, 0.25) is 0 Å². The van der Waals surface area contributed by atoms with Crippen molar-refractivity contribution < 1.29 is 4.79 Å². The molecule has 0 N–H and O–H groups in total. The van der Waals surface area contributed by atoms with E-state index in [1.807, 2.05) is 11.7 Å². The van der Waals surface area contributed by atoms with Gasteiger partial charge in [-0.25, -0.2) is 0 Å². The summed E-state index contributed by atoms with van der Waals surface area (Å²) in [7, 11) is 6.18. The lowest BCUT2D eigenvalue weighted by atomic mass is 9.92. The third-order valence-electron chi connectivity index (χ3n) is 5.29. The molecule has 3 rings (SSSR count). The smallest absolute Gasteiger partial charge is 0.223 e. The number of carbonyl (C=O) groups excluding carboxylic acids is 1. The van der Waals surface area contributed by atoms with E-state index in [2.05, 4.69) is 42.1 Å². The van der Waals surface area contributed by atoms with Crippen LogP contribution >= 0.6 is 0 Å². The molecule has 2 aliphatic rings. The topological polar surface area (TPSA) is 41.4 Å². The first-order chi connectivity index (χ1) is 11.5. The van der Waals surface area contributed by atoms with Gasteiger partial charge in [-0.3, -0.25) is 9.48 Å². The van der Waals surface area contributed by atoms with E-state index in [-0.39, 0.29) is 0 Å². The Balaban J connectivity index is 1.53. The van der Waals surface area contributed by atoms with Crippen molar-refractivity contribution in [2.24, 2.45) is 13.0 Å². The maximum atomic E-state index is 12.4. The maximum absolute atomic E-state index is 12.4. The fourth-order valence-electron chi connectivity index (χ4n) is 3.85. The van der Waals surface area contributed by atoms with E-state index in [1.54, 1.807) is 0 Å². The van der Waals surface area contributed by atoms with Gasteiger partial charge in [-0.05, 0) is 51.8 Å². The quantitative estimate of drug-likeness (QED) is 0.779. The molecular formula is C19H30N4O. The summed E-state index contributed by atoms with van der Waals surface area (Å²) in [5, 5.41) is 4.72. The molecule has 2 heterocycles. The minimum absolute atomic E-state index is 0.333. The highest BCUT2D eigenvalue weighted by molar-refractivity contribution is 5.76. The Morgan fingerprint density at radius 1 is 1.29 bits per heavy atom. The van der Waals surface area contributed by atoms with Crippen molar-refractivity contribution in [2.75, 3.05) is 27.2 Å². The number of carbonyl (C=O) groups is 1. The first-order valence-electron chi connectivity index (χ1n) is 9.15. The lowest BCUT2D eigenvalue weighted by Gasteiger charge is -2.32. The van der Waals surface area contributed by atoms with Gasteiger partial charge >= 0.3 is 0 Å². The summed E-state index contributed by atoms with van der Waals surface area (Å²) in [5.41, 5.74) is 2.45. The molecule has 1 amide bonds. The Bertz CT molecular complexity index is 597. The van der Waals surface area contributed by atoms with E-state index in [9.17, 15) is 4.79 Å². The van der Waals surface area contributed by atoms with Crippen molar-refractivity contribution in [2.45, 2.75) is 44.6 Å². The first-order valence-corrected chi connectivity index (χ1v) is 9.15.